The minimum absolute atomic E-state index is 0. The van der Waals surface area contributed by atoms with Crippen LogP contribution in [0, 0.1) is 12.3 Å². The van der Waals surface area contributed by atoms with Crippen LogP contribution in [0.1, 0.15) is 44.4 Å². The van der Waals surface area contributed by atoms with Gasteiger partial charge in [0.15, 0.2) is 0 Å². The molecule has 23 heavy (non-hydrogen) atoms. The Balaban J connectivity index is 0.00000264. The molecule has 1 aliphatic rings. The van der Waals surface area contributed by atoms with Gasteiger partial charge in [0.05, 0.1) is 6.10 Å². The summed E-state index contributed by atoms with van der Waals surface area (Å²) in [6.45, 7) is 9.05. The van der Waals surface area contributed by atoms with Gasteiger partial charge in [-0.25, -0.2) is 0 Å². The van der Waals surface area contributed by atoms with Crippen molar-refractivity contribution in [3.05, 3.63) is 35.4 Å². The predicted molar refractivity (Wildman–Crippen MR) is 95.7 cm³/mol. The highest BCUT2D eigenvalue weighted by Crippen LogP contribution is 2.45. The van der Waals surface area contributed by atoms with Crippen LogP contribution in [0.3, 0.4) is 0 Å². The van der Waals surface area contributed by atoms with E-state index in [0.717, 1.165) is 17.5 Å². The molecule has 5 heteroatoms. The highest BCUT2D eigenvalue weighted by Gasteiger charge is 2.52. The molecule has 1 aromatic carbocycles. The summed E-state index contributed by atoms with van der Waals surface area (Å²) in [5.74, 6) is -0.0307. The first-order valence-corrected chi connectivity index (χ1v) is 7.99. The third kappa shape index (κ3) is 3.87. The van der Waals surface area contributed by atoms with Crippen LogP contribution in [-0.4, -0.2) is 36.6 Å². The van der Waals surface area contributed by atoms with Crippen LogP contribution in [0.5, 0.6) is 0 Å². The summed E-state index contributed by atoms with van der Waals surface area (Å²) < 4.78 is 5.74. The summed E-state index contributed by atoms with van der Waals surface area (Å²) in [5.41, 5.74) is 8.16. The summed E-state index contributed by atoms with van der Waals surface area (Å²) in [4.78, 5) is 14.5. The molecule has 1 aromatic rings. The van der Waals surface area contributed by atoms with Crippen molar-refractivity contribution in [2.75, 3.05) is 13.7 Å². The summed E-state index contributed by atoms with van der Waals surface area (Å²) in [5, 5.41) is 0. The zero-order valence-corrected chi connectivity index (χ0v) is 15.5. The number of nitrogens with two attached hydrogens (primary N) is 1. The van der Waals surface area contributed by atoms with Crippen molar-refractivity contribution >= 4 is 18.3 Å². The molecule has 0 aliphatic heterocycles. The van der Waals surface area contributed by atoms with E-state index >= 15 is 0 Å². The van der Waals surface area contributed by atoms with Crippen molar-refractivity contribution in [1.82, 2.24) is 4.90 Å². The number of benzene rings is 1. The predicted octanol–water partition coefficient (Wildman–Crippen LogP) is 3.08. The molecule has 1 fully saturated rings. The van der Waals surface area contributed by atoms with Crippen LogP contribution in [0.4, 0.5) is 0 Å². The number of carbonyl (C=O) groups is 1. The number of ether oxygens (including phenoxy) is 1. The van der Waals surface area contributed by atoms with Crippen molar-refractivity contribution in [2.45, 2.75) is 52.3 Å². The van der Waals surface area contributed by atoms with E-state index in [9.17, 15) is 4.79 Å². The zero-order valence-electron chi connectivity index (χ0n) is 14.7. The molecule has 2 N–H and O–H groups in total. The summed E-state index contributed by atoms with van der Waals surface area (Å²) in [6.07, 6.45) is 1.09. The fourth-order valence-electron chi connectivity index (χ4n) is 3.29. The maximum atomic E-state index is 12.7. The Hall–Kier alpha value is -1.10. The second-order valence-corrected chi connectivity index (χ2v) is 6.85. The molecule has 130 valence electrons. The standard InChI is InChI=1S/C18H28N2O2.ClH/c1-6-22-15-11-14(18(15,3)4)20(5)17(21)16(19)13-9-7-12(2)8-10-13;/h7-10,14-16H,6,11,19H2,1-5H3;1H. The van der Waals surface area contributed by atoms with Crippen molar-refractivity contribution in [3.63, 3.8) is 0 Å². The van der Waals surface area contributed by atoms with Gasteiger partial charge in [-0.3, -0.25) is 4.79 Å². The third-order valence-corrected chi connectivity index (χ3v) is 5.01. The number of halogens is 1. The van der Waals surface area contributed by atoms with Crippen LogP contribution in [0.25, 0.3) is 0 Å². The molecule has 0 spiro atoms. The van der Waals surface area contributed by atoms with Crippen LogP contribution < -0.4 is 5.73 Å². The maximum Gasteiger partial charge on any atom is 0.244 e. The van der Waals surface area contributed by atoms with Crippen molar-refractivity contribution < 1.29 is 9.53 Å². The molecule has 0 saturated heterocycles. The summed E-state index contributed by atoms with van der Waals surface area (Å²) in [7, 11) is 1.85. The van der Waals surface area contributed by atoms with Gasteiger partial charge in [0.25, 0.3) is 0 Å². The molecule has 3 atom stereocenters. The van der Waals surface area contributed by atoms with E-state index in [1.54, 1.807) is 4.90 Å². The van der Waals surface area contributed by atoms with Crippen LogP contribution >= 0.6 is 12.4 Å². The van der Waals surface area contributed by atoms with E-state index in [-0.39, 0.29) is 35.9 Å². The second kappa shape index (κ2) is 7.65. The van der Waals surface area contributed by atoms with Crippen molar-refractivity contribution in [2.24, 2.45) is 11.1 Å². The van der Waals surface area contributed by atoms with Gasteiger partial charge >= 0.3 is 0 Å². The Morgan fingerprint density at radius 2 is 1.96 bits per heavy atom. The van der Waals surface area contributed by atoms with E-state index < -0.39 is 6.04 Å². The highest BCUT2D eigenvalue weighted by molar-refractivity contribution is 5.85. The Kier molecular flexibility index (Phi) is 6.63. The molecule has 2 rings (SSSR count). The number of rotatable bonds is 5. The molecule has 0 heterocycles. The first-order valence-electron chi connectivity index (χ1n) is 7.99. The molecular weight excluding hydrogens is 312 g/mol. The molecule has 1 amide bonds. The Bertz CT molecular complexity index is 530. The van der Waals surface area contributed by atoms with Gasteiger partial charge in [-0.15, -0.1) is 12.4 Å². The summed E-state index contributed by atoms with van der Waals surface area (Å²) >= 11 is 0. The average molecular weight is 341 g/mol. The Labute approximate surface area is 145 Å². The van der Waals surface area contributed by atoms with E-state index in [1.807, 2.05) is 45.2 Å². The lowest BCUT2D eigenvalue weighted by atomic mass is 9.63. The lowest BCUT2D eigenvalue weighted by Crippen LogP contribution is -2.63. The number of nitrogens with zero attached hydrogens (tertiary/aromatic N) is 1. The molecule has 1 aliphatic carbocycles. The van der Waals surface area contributed by atoms with Gasteiger partial charge in [-0.1, -0.05) is 43.7 Å². The largest absolute Gasteiger partial charge is 0.378 e. The van der Waals surface area contributed by atoms with Crippen LogP contribution in [0.15, 0.2) is 24.3 Å². The first-order chi connectivity index (χ1) is 10.3. The van der Waals surface area contributed by atoms with Gasteiger partial charge in [0, 0.05) is 25.1 Å². The number of amides is 1. The minimum Gasteiger partial charge on any atom is -0.378 e. The highest BCUT2D eigenvalue weighted by atomic mass is 35.5. The fourth-order valence-corrected chi connectivity index (χ4v) is 3.29. The van der Waals surface area contributed by atoms with Gasteiger partial charge < -0.3 is 15.4 Å². The van der Waals surface area contributed by atoms with Crippen LogP contribution in [0.2, 0.25) is 0 Å². The van der Waals surface area contributed by atoms with E-state index in [0.29, 0.717) is 6.61 Å². The quantitative estimate of drug-likeness (QED) is 0.896. The van der Waals surface area contributed by atoms with Gasteiger partial charge in [-0.05, 0) is 25.8 Å². The lowest BCUT2D eigenvalue weighted by molar-refractivity contribution is -0.164. The zero-order chi connectivity index (χ0) is 16.5. The van der Waals surface area contributed by atoms with Crippen LogP contribution in [-0.2, 0) is 9.53 Å². The second-order valence-electron chi connectivity index (χ2n) is 6.85. The minimum atomic E-state index is -0.604. The topological polar surface area (TPSA) is 55.6 Å². The third-order valence-electron chi connectivity index (χ3n) is 5.01. The fraction of sp³-hybridized carbons (Fsp3) is 0.611. The number of aryl methyl sites for hydroxylation is 1. The van der Waals surface area contributed by atoms with Crippen molar-refractivity contribution in [1.29, 1.82) is 0 Å². The summed E-state index contributed by atoms with van der Waals surface area (Å²) in [6, 6.07) is 7.41. The Morgan fingerprint density at radius 3 is 2.43 bits per heavy atom. The monoisotopic (exact) mass is 340 g/mol. The molecule has 0 bridgehead atoms. The number of likely N-dealkylation sites (N-methyl/N-ethyl adjacent to an activating group) is 1. The molecule has 3 unspecified atom stereocenters. The molecule has 0 radical (unpaired) electrons. The average Bonchev–Trinajstić information content (AvgIpc) is 2.49. The SMILES string of the molecule is CCOC1CC(N(C)C(=O)C(N)c2ccc(C)cc2)C1(C)C.Cl. The lowest BCUT2D eigenvalue weighted by Gasteiger charge is -2.55. The smallest absolute Gasteiger partial charge is 0.244 e. The van der Waals surface area contributed by atoms with E-state index in [4.69, 9.17) is 10.5 Å². The number of carbonyl (C=O) groups excluding carboxylic acids is 1. The normalized spacial score (nSPS) is 23.4. The van der Waals surface area contributed by atoms with Gasteiger partial charge in [0.1, 0.15) is 6.04 Å². The Morgan fingerprint density at radius 1 is 1.39 bits per heavy atom. The number of hydrogen-bond acceptors (Lipinski definition) is 3. The molecular formula is C18H29ClN2O2. The van der Waals surface area contributed by atoms with Crippen molar-refractivity contribution in [3.8, 4) is 0 Å². The molecule has 4 nitrogen and oxygen atoms in total. The molecule has 1 saturated carbocycles. The van der Waals surface area contributed by atoms with E-state index in [1.165, 1.54) is 0 Å². The van der Waals surface area contributed by atoms with Gasteiger partial charge in [-0.2, -0.15) is 0 Å². The first kappa shape index (κ1) is 19.9. The number of hydrogen-bond donors (Lipinski definition) is 1. The molecule has 0 aromatic heterocycles. The maximum absolute atomic E-state index is 12.7. The van der Waals surface area contributed by atoms with E-state index in [2.05, 4.69) is 13.8 Å². The van der Waals surface area contributed by atoms with Gasteiger partial charge in [0.2, 0.25) is 5.91 Å².